The molecule has 0 saturated carbocycles. The Labute approximate surface area is 79.7 Å². The first kappa shape index (κ1) is 8.70. The maximum absolute atomic E-state index is 5.31. The average molecular weight is 194 g/mol. The lowest BCUT2D eigenvalue weighted by Crippen LogP contribution is -2.11. The molecule has 2 aromatic rings. The molecular weight excluding hydrogens is 184 g/mol. The van der Waals surface area contributed by atoms with Crippen LogP contribution in [0.15, 0.2) is 6.20 Å². The lowest BCUT2D eigenvalue weighted by molar-refractivity contribution is 0.331. The lowest BCUT2D eigenvalue weighted by atomic mass is 10.4. The van der Waals surface area contributed by atoms with Crippen molar-refractivity contribution >= 4 is 17.0 Å². The van der Waals surface area contributed by atoms with E-state index in [9.17, 15) is 0 Å². The van der Waals surface area contributed by atoms with Crippen molar-refractivity contribution in [2.75, 3.05) is 12.0 Å². The summed E-state index contributed by atoms with van der Waals surface area (Å²) in [6, 6.07) is 0. The highest BCUT2D eigenvalue weighted by Gasteiger charge is 2.08. The van der Waals surface area contributed by atoms with E-state index in [0.717, 1.165) is 5.39 Å². The minimum Gasteiger partial charge on any atom is -0.477 e. The zero-order valence-electron chi connectivity index (χ0n) is 7.61. The first-order valence-electron chi connectivity index (χ1n) is 4.15. The highest BCUT2D eigenvalue weighted by molar-refractivity contribution is 5.80. The molecule has 2 heterocycles. The molecule has 0 aliphatic carbocycles. The van der Waals surface area contributed by atoms with Gasteiger partial charge in [0.15, 0.2) is 5.65 Å². The number of H-pyrrole nitrogens is 1. The summed E-state index contributed by atoms with van der Waals surface area (Å²) in [4.78, 5) is 8.10. The largest absolute Gasteiger partial charge is 0.477 e. The second-order valence-corrected chi connectivity index (χ2v) is 2.56. The van der Waals surface area contributed by atoms with Gasteiger partial charge in [0, 0.05) is 0 Å². The lowest BCUT2D eigenvalue weighted by Gasteiger charge is -2.04. The van der Waals surface area contributed by atoms with Crippen LogP contribution in [-0.2, 0) is 0 Å². The maximum atomic E-state index is 5.31. The molecule has 0 radical (unpaired) electrons. The van der Waals surface area contributed by atoms with Gasteiger partial charge in [-0.05, 0) is 6.92 Å². The Kier molecular flexibility index (Phi) is 2.15. The molecule has 0 amide bonds. The molecule has 0 aliphatic rings. The van der Waals surface area contributed by atoms with Gasteiger partial charge < -0.3 is 4.74 Å². The highest BCUT2D eigenvalue weighted by Crippen LogP contribution is 2.21. The van der Waals surface area contributed by atoms with Crippen LogP contribution in [-0.4, -0.2) is 26.8 Å². The van der Waals surface area contributed by atoms with Gasteiger partial charge in [-0.2, -0.15) is 15.1 Å². The summed E-state index contributed by atoms with van der Waals surface area (Å²) < 4.78 is 5.31. The van der Waals surface area contributed by atoms with E-state index in [0.29, 0.717) is 24.1 Å². The van der Waals surface area contributed by atoms with Crippen LogP contribution in [0.4, 0.5) is 5.95 Å². The van der Waals surface area contributed by atoms with Crippen LogP contribution in [0.1, 0.15) is 6.92 Å². The van der Waals surface area contributed by atoms with E-state index in [4.69, 9.17) is 10.6 Å². The van der Waals surface area contributed by atoms with Crippen LogP contribution in [0, 0.1) is 0 Å². The summed E-state index contributed by atoms with van der Waals surface area (Å²) in [6.45, 7) is 2.41. The van der Waals surface area contributed by atoms with Crippen molar-refractivity contribution in [2.45, 2.75) is 6.92 Å². The zero-order chi connectivity index (χ0) is 9.97. The average Bonchev–Trinajstić information content (AvgIpc) is 2.66. The molecule has 0 atom stereocenters. The number of nitrogen functional groups attached to an aromatic ring is 1. The molecule has 2 rings (SSSR count). The number of nitrogens with zero attached hydrogens (tertiary/aromatic N) is 3. The van der Waals surface area contributed by atoms with Crippen molar-refractivity contribution in [1.82, 2.24) is 20.2 Å². The first-order chi connectivity index (χ1) is 6.85. The zero-order valence-corrected chi connectivity index (χ0v) is 7.61. The SMILES string of the molecule is CCOc1nc(NN)nc2[nH]ncc12. The Bertz CT molecular complexity index is 439. The third kappa shape index (κ3) is 1.33. The first-order valence-corrected chi connectivity index (χ1v) is 4.15. The molecule has 0 fully saturated rings. The van der Waals surface area contributed by atoms with E-state index < -0.39 is 0 Å². The maximum Gasteiger partial charge on any atom is 0.242 e. The van der Waals surface area contributed by atoms with Gasteiger partial charge in [0.2, 0.25) is 11.8 Å². The number of hydrogen-bond acceptors (Lipinski definition) is 6. The summed E-state index contributed by atoms with van der Waals surface area (Å²) in [5, 5.41) is 7.30. The number of anilines is 1. The van der Waals surface area contributed by atoms with Crippen LogP contribution in [0.2, 0.25) is 0 Å². The molecule has 0 bridgehead atoms. The summed E-state index contributed by atoms with van der Waals surface area (Å²) in [6.07, 6.45) is 1.61. The normalized spacial score (nSPS) is 10.4. The molecule has 7 heteroatoms. The van der Waals surface area contributed by atoms with E-state index in [1.165, 1.54) is 0 Å². The van der Waals surface area contributed by atoms with Crippen LogP contribution in [0.3, 0.4) is 0 Å². The Hall–Kier alpha value is -1.89. The van der Waals surface area contributed by atoms with Crippen molar-refractivity contribution in [3.05, 3.63) is 6.20 Å². The van der Waals surface area contributed by atoms with Crippen LogP contribution >= 0.6 is 0 Å². The Morgan fingerprint density at radius 1 is 1.57 bits per heavy atom. The summed E-state index contributed by atoms with van der Waals surface area (Å²) in [7, 11) is 0. The Morgan fingerprint density at radius 2 is 2.43 bits per heavy atom. The topological polar surface area (TPSA) is 102 Å². The molecule has 14 heavy (non-hydrogen) atoms. The fraction of sp³-hybridized carbons (Fsp3) is 0.286. The number of nitrogens with one attached hydrogen (secondary N) is 2. The van der Waals surface area contributed by atoms with E-state index >= 15 is 0 Å². The van der Waals surface area contributed by atoms with Crippen molar-refractivity contribution in [3.8, 4) is 5.88 Å². The number of aromatic nitrogens is 4. The van der Waals surface area contributed by atoms with Crippen molar-refractivity contribution in [2.24, 2.45) is 5.84 Å². The molecule has 0 spiro atoms. The quantitative estimate of drug-likeness (QED) is 0.471. The fourth-order valence-electron chi connectivity index (χ4n) is 1.12. The highest BCUT2D eigenvalue weighted by atomic mass is 16.5. The van der Waals surface area contributed by atoms with Crippen molar-refractivity contribution < 1.29 is 4.74 Å². The van der Waals surface area contributed by atoms with Crippen LogP contribution in [0.25, 0.3) is 11.0 Å². The van der Waals surface area contributed by atoms with Gasteiger partial charge in [0.25, 0.3) is 0 Å². The summed E-state index contributed by atoms with van der Waals surface area (Å²) in [5.74, 6) is 5.98. The number of aromatic amines is 1. The van der Waals surface area contributed by atoms with Gasteiger partial charge in [-0.1, -0.05) is 0 Å². The molecule has 7 nitrogen and oxygen atoms in total. The number of fused-ring (bicyclic) bond motifs is 1. The van der Waals surface area contributed by atoms with Gasteiger partial charge in [-0.15, -0.1) is 0 Å². The summed E-state index contributed by atoms with van der Waals surface area (Å²) in [5.41, 5.74) is 2.95. The van der Waals surface area contributed by atoms with Crippen molar-refractivity contribution in [3.63, 3.8) is 0 Å². The predicted molar refractivity (Wildman–Crippen MR) is 50.7 cm³/mol. The Balaban J connectivity index is 2.58. The standard InChI is InChI=1S/C7H10N6O/c1-2-14-6-4-3-9-13-5(4)10-7(11-6)12-8/h3H,2,8H2,1H3,(H2,9,10,11,12,13). The number of ether oxygens (including phenoxy) is 1. The molecule has 0 aromatic carbocycles. The number of hydrazine groups is 1. The van der Waals surface area contributed by atoms with E-state index in [1.807, 2.05) is 6.92 Å². The molecule has 0 saturated heterocycles. The van der Waals surface area contributed by atoms with E-state index in [2.05, 4.69) is 25.6 Å². The van der Waals surface area contributed by atoms with Gasteiger partial charge in [-0.25, -0.2) is 5.84 Å². The number of hydrogen-bond donors (Lipinski definition) is 3. The molecule has 0 unspecified atom stereocenters. The van der Waals surface area contributed by atoms with Crippen LogP contribution < -0.4 is 16.0 Å². The van der Waals surface area contributed by atoms with Gasteiger partial charge in [-0.3, -0.25) is 10.5 Å². The van der Waals surface area contributed by atoms with E-state index in [-0.39, 0.29) is 0 Å². The number of nitrogens with two attached hydrogens (primary N) is 1. The molecule has 0 aliphatic heterocycles. The predicted octanol–water partition coefficient (Wildman–Crippen LogP) is 0.0372. The second kappa shape index (κ2) is 3.46. The Morgan fingerprint density at radius 3 is 3.14 bits per heavy atom. The minimum absolute atomic E-state index is 0.296. The smallest absolute Gasteiger partial charge is 0.242 e. The third-order valence-electron chi connectivity index (χ3n) is 1.68. The third-order valence-corrected chi connectivity index (χ3v) is 1.68. The summed E-state index contributed by atoms with van der Waals surface area (Å²) >= 11 is 0. The molecule has 2 aromatic heterocycles. The molecule has 74 valence electrons. The second-order valence-electron chi connectivity index (χ2n) is 2.56. The fourth-order valence-corrected chi connectivity index (χ4v) is 1.12. The molecular formula is C7H10N6O. The number of rotatable bonds is 3. The van der Waals surface area contributed by atoms with E-state index in [1.54, 1.807) is 6.20 Å². The van der Waals surface area contributed by atoms with Gasteiger partial charge in [0.05, 0.1) is 12.8 Å². The van der Waals surface area contributed by atoms with Crippen LogP contribution in [0.5, 0.6) is 5.88 Å². The van der Waals surface area contributed by atoms with Crippen molar-refractivity contribution in [1.29, 1.82) is 0 Å². The monoisotopic (exact) mass is 194 g/mol. The van der Waals surface area contributed by atoms with Gasteiger partial charge >= 0.3 is 0 Å². The van der Waals surface area contributed by atoms with Gasteiger partial charge in [0.1, 0.15) is 5.39 Å². The minimum atomic E-state index is 0.296. The molecule has 4 N–H and O–H groups in total.